The van der Waals surface area contributed by atoms with Crippen LogP contribution in [0.1, 0.15) is 0 Å². The van der Waals surface area contributed by atoms with Crippen LogP contribution in [0, 0.1) is 5.82 Å². The molecule has 134 valence electrons. The van der Waals surface area contributed by atoms with Crippen molar-refractivity contribution in [1.29, 1.82) is 0 Å². The lowest BCUT2D eigenvalue weighted by Crippen LogP contribution is -2.20. The standard InChI is InChI=1S/C19H14FN5O2/c20-15-3-1-2-4-16(15)23-19(27)22-12-7-5-11(6-8-12)13-9-17(26)24-18-14(13)10-21-25-18/h1-10H,(H2,22,23,27)(H2,21,24,25,26). The van der Waals surface area contributed by atoms with Crippen molar-refractivity contribution in [3.63, 3.8) is 0 Å². The smallest absolute Gasteiger partial charge is 0.308 e. The molecule has 0 aliphatic heterocycles. The molecule has 2 aromatic heterocycles. The first-order chi connectivity index (χ1) is 13.1. The summed E-state index contributed by atoms with van der Waals surface area (Å²) in [6, 6.07) is 13.8. The number of halogens is 1. The van der Waals surface area contributed by atoms with E-state index in [1.54, 1.807) is 42.6 Å². The number of carbonyl (C=O) groups is 1. The molecule has 0 fully saturated rings. The van der Waals surface area contributed by atoms with Gasteiger partial charge < -0.3 is 15.6 Å². The average molecular weight is 363 g/mol. The number of rotatable bonds is 3. The number of carbonyl (C=O) groups excluding carboxylic acids is 1. The molecule has 0 bridgehead atoms. The minimum atomic E-state index is -0.554. The summed E-state index contributed by atoms with van der Waals surface area (Å²) in [6.07, 6.45) is 1.70. The number of aromatic amines is 2. The van der Waals surface area contributed by atoms with Crippen LogP contribution in [0.4, 0.5) is 20.6 Å². The largest absolute Gasteiger partial charge is 0.323 e. The average Bonchev–Trinajstić information content (AvgIpc) is 3.12. The first-order valence-electron chi connectivity index (χ1n) is 8.10. The van der Waals surface area contributed by atoms with E-state index in [2.05, 4.69) is 25.8 Å². The number of amides is 2. The molecule has 0 radical (unpaired) electrons. The van der Waals surface area contributed by atoms with Crippen molar-refractivity contribution in [2.75, 3.05) is 10.6 Å². The van der Waals surface area contributed by atoms with Gasteiger partial charge in [-0.2, -0.15) is 5.10 Å². The quantitative estimate of drug-likeness (QED) is 0.446. The number of anilines is 2. The Morgan fingerprint density at radius 2 is 1.81 bits per heavy atom. The number of para-hydroxylation sites is 1. The van der Waals surface area contributed by atoms with Crippen LogP contribution in [0.25, 0.3) is 22.2 Å². The number of pyridine rings is 1. The van der Waals surface area contributed by atoms with Gasteiger partial charge in [0.15, 0.2) is 5.65 Å². The Morgan fingerprint density at radius 3 is 2.59 bits per heavy atom. The Kier molecular flexibility index (Phi) is 4.13. The Hall–Kier alpha value is -3.94. The SMILES string of the molecule is O=C(Nc1ccc(-c2cc(=O)[nH]c3n[nH]cc23)cc1)Nc1ccccc1F. The molecule has 7 nitrogen and oxygen atoms in total. The lowest BCUT2D eigenvalue weighted by Gasteiger charge is -2.09. The van der Waals surface area contributed by atoms with Gasteiger partial charge in [-0.25, -0.2) is 9.18 Å². The highest BCUT2D eigenvalue weighted by atomic mass is 19.1. The van der Waals surface area contributed by atoms with Gasteiger partial charge >= 0.3 is 6.03 Å². The first-order valence-corrected chi connectivity index (χ1v) is 8.10. The fourth-order valence-electron chi connectivity index (χ4n) is 2.77. The fraction of sp³-hybridized carbons (Fsp3) is 0. The van der Waals surface area contributed by atoms with Gasteiger partial charge in [-0.1, -0.05) is 24.3 Å². The van der Waals surface area contributed by atoms with Gasteiger partial charge in [-0.15, -0.1) is 0 Å². The topological polar surface area (TPSA) is 103 Å². The molecule has 2 amide bonds. The van der Waals surface area contributed by atoms with Gasteiger partial charge in [0.25, 0.3) is 0 Å². The van der Waals surface area contributed by atoms with Crippen LogP contribution in [-0.4, -0.2) is 21.2 Å². The second kappa shape index (κ2) is 6.75. The summed E-state index contributed by atoms with van der Waals surface area (Å²) in [4.78, 5) is 26.5. The maximum Gasteiger partial charge on any atom is 0.323 e. The molecule has 0 spiro atoms. The van der Waals surface area contributed by atoms with Crippen LogP contribution in [0.15, 0.2) is 65.6 Å². The number of aromatic nitrogens is 3. The van der Waals surface area contributed by atoms with Crippen LogP contribution < -0.4 is 16.2 Å². The van der Waals surface area contributed by atoms with Gasteiger partial charge in [-0.3, -0.25) is 9.89 Å². The molecule has 0 saturated carbocycles. The number of fused-ring (bicyclic) bond motifs is 1. The summed E-state index contributed by atoms with van der Waals surface area (Å²) in [7, 11) is 0. The van der Waals surface area contributed by atoms with Gasteiger partial charge in [-0.05, 0) is 35.4 Å². The number of nitrogens with zero attached hydrogens (tertiary/aromatic N) is 1. The van der Waals surface area contributed by atoms with Crippen molar-refractivity contribution in [2.45, 2.75) is 0 Å². The number of hydrogen-bond acceptors (Lipinski definition) is 3. The maximum absolute atomic E-state index is 13.6. The first kappa shape index (κ1) is 16.5. The molecule has 0 aliphatic carbocycles. The molecule has 27 heavy (non-hydrogen) atoms. The lowest BCUT2D eigenvalue weighted by atomic mass is 10.0. The molecule has 2 heterocycles. The summed E-state index contributed by atoms with van der Waals surface area (Å²) < 4.78 is 13.6. The molecule has 2 aromatic carbocycles. The molecular weight excluding hydrogens is 349 g/mol. The summed E-state index contributed by atoms with van der Waals surface area (Å²) in [5.74, 6) is -0.513. The Bertz CT molecular complexity index is 1180. The van der Waals surface area contributed by atoms with E-state index in [0.29, 0.717) is 11.3 Å². The van der Waals surface area contributed by atoms with Crippen molar-refractivity contribution in [2.24, 2.45) is 0 Å². The van der Waals surface area contributed by atoms with Crippen molar-refractivity contribution in [3.05, 3.63) is 77.0 Å². The molecule has 0 saturated heterocycles. The molecular formula is C19H14FN5O2. The second-order valence-corrected chi connectivity index (χ2v) is 5.83. The van der Waals surface area contributed by atoms with Crippen LogP contribution in [-0.2, 0) is 0 Å². The van der Waals surface area contributed by atoms with E-state index in [9.17, 15) is 14.0 Å². The molecule has 0 aliphatic rings. The highest BCUT2D eigenvalue weighted by Crippen LogP contribution is 2.26. The highest BCUT2D eigenvalue weighted by molar-refractivity contribution is 6.00. The van der Waals surface area contributed by atoms with E-state index in [4.69, 9.17) is 0 Å². The minimum absolute atomic E-state index is 0.0949. The Morgan fingerprint density at radius 1 is 1.04 bits per heavy atom. The van der Waals surface area contributed by atoms with Gasteiger partial charge in [0.2, 0.25) is 5.56 Å². The molecule has 0 unspecified atom stereocenters. The van der Waals surface area contributed by atoms with Crippen molar-refractivity contribution in [1.82, 2.24) is 15.2 Å². The number of urea groups is 1. The van der Waals surface area contributed by atoms with Crippen LogP contribution in [0.2, 0.25) is 0 Å². The second-order valence-electron chi connectivity index (χ2n) is 5.83. The number of benzene rings is 2. The van der Waals surface area contributed by atoms with E-state index < -0.39 is 11.8 Å². The molecule has 4 rings (SSSR count). The summed E-state index contributed by atoms with van der Waals surface area (Å²) >= 11 is 0. The lowest BCUT2D eigenvalue weighted by molar-refractivity contribution is 0.262. The summed E-state index contributed by atoms with van der Waals surface area (Å²) in [6.45, 7) is 0. The monoisotopic (exact) mass is 363 g/mol. The maximum atomic E-state index is 13.6. The van der Waals surface area contributed by atoms with E-state index in [1.807, 2.05) is 0 Å². The Balaban J connectivity index is 1.54. The zero-order chi connectivity index (χ0) is 18.8. The Labute approximate surface area is 152 Å². The number of H-pyrrole nitrogens is 2. The van der Waals surface area contributed by atoms with Gasteiger partial charge in [0.05, 0.1) is 5.69 Å². The van der Waals surface area contributed by atoms with Crippen molar-refractivity contribution in [3.8, 4) is 11.1 Å². The van der Waals surface area contributed by atoms with E-state index >= 15 is 0 Å². The predicted molar refractivity (Wildman–Crippen MR) is 101 cm³/mol. The molecule has 8 heteroatoms. The third-order valence-corrected chi connectivity index (χ3v) is 4.02. The van der Waals surface area contributed by atoms with Gasteiger partial charge in [0, 0.05) is 23.3 Å². The minimum Gasteiger partial charge on any atom is -0.308 e. The third-order valence-electron chi connectivity index (χ3n) is 4.02. The predicted octanol–water partition coefficient (Wildman–Crippen LogP) is 3.70. The van der Waals surface area contributed by atoms with E-state index in [-0.39, 0.29) is 11.2 Å². The molecule has 4 aromatic rings. The van der Waals surface area contributed by atoms with Crippen LogP contribution >= 0.6 is 0 Å². The highest BCUT2D eigenvalue weighted by Gasteiger charge is 2.09. The van der Waals surface area contributed by atoms with E-state index in [0.717, 1.165) is 16.5 Å². The van der Waals surface area contributed by atoms with Crippen molar-refractivity contribution < 1.29 is 9.18 Å². The van der Waals surface area contributed by atoms with Crippen LogP contribution in [0.3, 0.4) is 0 Å². The molecule has 0 atom stereocenters. The number of nitrogens with one attached hydrogen (secondary N) is 4. The summed E-state index contributed by atoms with van der Waals surface area (Å²) in [5.41, 5.74) is 2.37. The van der Waals surface area contributed by atoms with E-state index in [1.165, 1.54) is 18.2 Å². The normalized spacial score (nSPS) is 10.7. The zero-order valence-corrected chi connectivity index (χ0v) is 13.9. The van der Waals surface area contributed by atoms with Gasteiger partial charge in [0.1, 0.15) is 5.82 Å². The molecule has 4 N–H and O–H groups in total. The third kappa shape index (κ3) is 3.40. The fourth-order valence-corrected chi connectivity index (χ4v) is 2.77. The zero-order valence-electron chi connectivity index (χ0n) is 13.9. The van der Waals surface area contributed by atoms with Crippen molar-refractivity contribution >= 4 is 28.4 Å². The number of hydrogen-bond donors (Lipinski definition) is 4. The summed E-state index contributed by atoms with van der Waals surface area (Å²) in [5, 5.41) is 12.6. The van der Waals surface area contributed by atoms with Crippen LogP contribution in [0.5, 0.6) is 0 Å².